The van der Waals surface area contributed by atoms with Crippen molar-refractivity contribution in [3.8, 4) is 0 Å². The van der Waals surface area contributed by atoms with Crippen molar-refractivity contribution in [1.82, 2.24) is 0 Å². The molecule has 2 aromatic rings. The molecule has 0 aliphatic heterocycles. The summed E-state index contributed by atoms with van der Waals surface area (Å²) in [5.41, 5.74) is 4.35. The summed E-state index contributed by atoms with van der Waals surface area (Å²) in [5, 5.41) is 10.1. The van der Waals surface area contributed by atoms with Gasteiger partial charge < -0.3 is 10.8 Å². The number of aliphatic hydroxyl groups is 1. The number of hydrogen-bond donors (Lipinski definition) is 2. The number of rotatable bonds is 2. The molecule has 1 atom stereocenters. The number of aliphatic hydroxyl groups excluding tert-OH is 1. The van der Waals surface area contributed by atoms with Gasteiger partial charge in [0.05, 0.1) is 11.3 Å². The van der Waals surface area contributed by atoms with E-state index in [-0.39, 0.29) is 16.8 Å². The summed E-state index contributed by atoms with van der Waals surface area (Å²) in [6.07, 6.45) is -5.93. The summed E-state index contributed by atoms with van der Waals surface area (Å²) in [6, 6.07) is 8.01. The van der Waals surface area contributed by atoms with Gasteiger partial charge in [-0.05, 0) is 23.8 Å². The molecule has 0 saturated heterocycles. The van der Waals surface area contributed by atoms with Crippen LogP contribution in [0.4, 0.5) is 23.2 Å². The van der Waals surface area contributed by atoms with Crippen molar-refractivity contribution in [1.29, 1.82) is 0 Å². The molecule has 0 amide bonds. The minimum Gasteiger partial charge on any atom is -0.396 e. The molecule has 0 heterocycles. The zero-order valence-corrected chi connectivity index (χ0v) is 10.2. The number of para-hydroxylation sites is 1. The molecule has 0 aliphatic carbocycles. The van der Waals surface area contributed by atoms with E-state index < -0.39 is 23.7 Å². The van der Waals surface area contributed by atoms with Gasteiger partial charge in [-0.1, -0.05) is 24.3 Å². The first-order chi connectivity index (χ1) is 9.30. The van der Waals surface area contributed by atoms with Crippen LogP contribution in [0.15, 0.2) is 42.5 Å². The van der Waals surface area contributed by atoms with Gasteiger partial charge in [0.15, 0.2) is 0 Å². The van der Waals surface area contributed by atoms with Gasteiger partial charge in [0.25, 0.3) is 0 Å². The van der Waals surface area contributed by atoms with Crippen LogP contribution in [0, 0.1) is 5.82 Å². The van der Waals surface area contributed by atoms with Crippen LogP contribution >= 0.6 is 0 Å². The number of alkyl halides is 3. The SMILES string of the molecule is Nc1c(F)cccc1C(O)c1cccc(C(F)(F)F)c1. The van der Waals surface area contributed by atoms with Gasteiger partial charge in [0.1, 0.15) is 11.9 Å². The molecule has 0 fully saturated rings. The molecule has 2 nitrogen and oxygen atoms in total. The number of nitrogens with two attached hydrogens (primary N) is 1. The molecule has 1 unspecified atom stereocenters. The topological polar surface area (TPSA) is 46.2 Å². The quantitative estimate of drug-likeness (QED) is 0.655. The second-order valence-electron chi connectivity index (χ2n) is 4.27. The van der Waals surface area contributed by atoms with Crippen LogP contribution in [0.1, 0.15) is 22.8 Å². The van der Waals surface area contributed by atoms with Crippen molar-refractivity contribution in [3.05, 3.63) is 65.0 Å². The molecule has 0 bridgehead atoms. The van der Waals surface area contributed by atoms with E-state index in [0.717, 1.165) is 18.2 Å². The molecule has 0 radical (unpaired) electrons. The molecule has 0 saturated carbocycles. The van der Waals surface area contributed by atoms with E-state index >= 15 is 0 Å². The number of hydrogen-bond acceptors (Lipinski definition) is 2. The third kappa shape index (κ3) is 2.75. The van der Waals surface area contributed by atoms with Crippen LogP contribution in [0.25, 0.3) is 0 Å². The number of halogens is 4. The summed E-state index contributed by atoms with van der Waals surface area (Å²) in [5.74, 6) is -0.728. The Kier molecular flexibility index (Phi) is 3.67. The first kappa shape index (κ1) is 14.3. The highest BCUT2D eigenvalue weighted by Crippen LogP contribution is 2.33. The zero-order chi connectivity index (χ0) is 14.9. The van der Waals surface area contributed by atoms with E-state index in [9.17, 15) is 22.7 Å². The van der Waals surface area contributed by atoms with E-state index in [1.165, 1.54) is 24.3 Å². The van der Waals surface area contributed by atoms with Gasteiger partial charge in [0, 0.05) is 5.56 Å². The van der Waals surface area contributed by atoms with E-state index in [1.54, 1.807) is 0 Å². The fourth-order valence-corrected chi connectivity index (χ4v) is 1.86. The van der Waals surface area contributed by atoms with Crippen molar-refractivity contribution in [3.63, 3.8) is 0 Å². The van der Waals surface area contributed by atoms with Crippen LogP contribution in [0.2, 0.25) is 0 Å². The maximum Gasteiger partial charge on any atom is 0.416 e. The minimum atomic E-state index is -4.51. The molecule has 2 aromatic carbocycles. The summed E-state index contributed by atoms with van der Waals surface area (Å²) in [7, 11) is 0. The minimum absolute atomic E-state index is 0.00266. The molecule has 0 spiro atoms. The standard InChI is InChI=1S/C14H11F4NO/c15-11-6-2-5-10(12(11)19)13(20)8-3-1-4-9(7-8)14(16,17)18/h1-7,13,20H,19H2. The lowest BCUT2D eigenvalue weighted by atomic mass is 9.98. The molecular weight excluding hydrogens is 274 g/mol. The monoisotopic (exact) mass is 285 g/mol. The Hall–Kier alpha value is -2.08. The van der Waals surface area contributed by atoms with Crippen molar-refractivity contribution in [2.24, 2.45) is 0 Å². The summed E-state index contributed by atoms with van der Waals surface area (Å²) >= 11 is 0. The lowest BCUT2D eigenvalue weighted by Gasteiger charge is -2.16. The molecular formula is C14H11F4NO. The van der Waals surface area contributed by atoms with Crippen LogP contribution in [0.5, 0.6) is 0 Å². The number of benzene rings is 2. The third-order valence-electron chi connectivity index (χ3n) is 2.91. The highest BCUT2D eigenvalue weighted by molar-refractivity contribution is 5.51. The Morgan fingerprint density at radius 3 is 2.35 bits per heavy atom. The summed E-state index contributed by atoms with van der Waals surface area (Å²) in [6.45, 7) is 0. The maximum absolute atomic E-state index is 13.3. The molecule has 0 aromatic heterocycles. The van der Waals surface area contributed by atoms with Gasteiger partial charge in [-0.15, -0.1) is 0 Å². The zero-order valence-electron chi connectivity index (χ0n) is 10.2. The van der Waals surface area contributed by atoms with E-state index in [2.05, 4.69) is 0 Å². The molecule has 2 rings (SSSR count). The predicted molar refractivity (Wildman–Crippen MR) is 66.3 cm³/mol. The average Bonchev–Trinajstić information content (AvgIpc) is 2.40. The second-order valence-corrected chi connectivity index (χ2v) is 4.27. The van der Waals surface area contributed by atoms with Crippen molar-refractivity contribution in [2.75, 3.05) is 5.73 Å². The van der Waals surface area contributed by atoms with Crippen LogP contribution < -0.4 is 5.73 Å². The van der Waals surface area contributed by atoms with E-state index in [1.807, 2.05) is 0 Å². The number of anilines is 1. The fourth-order valence-electron chi connectivity index (χ4n) is 1.86. The largest absolute Gasteiger partial charge is 0.416 e. The van der Waals surface area contributed by atoms with Crippen LogP contribution in [-0.4, -0.2) is 5.11 Å². The molecule has 3 N–H and O–H groups in total. The van der Waals surface area contributed by atoms with Gasteiger partial charge in [0.2, 0.25) is 0 Å². The molecule has 106 valence electrons. The first-order valence-corrected chi connectivity index (χ1v) is 5.70. The maximum atomic E-state index is 13.3. The molecule has 20 heavy (non-hydrogen) atoms. The normalized spacial score (nSPS) is 13.2. The van der Waals surface area contributed by atoms with Gasteiger partial charge >= 0.3 is 6.18 Å². The van der Waals surface area contributed by atoms with Gasteiger partial charge in [-0.2, -0.15) is 13.2 Å². The lowest BCUT2D eigenvalue weighted by Crippen LogP contribution is -2.09. The highest BCUT2D eigenvalue weighted by atomic mass is 19.4. The highest BCUT2D eigenvalue weighted by Gasteiger charge is 2.31. The smallest absolute Gasteiger partial charge is 0.396 e. The van der Waals surface area contributed by atoms with Crippen molar-refractivity contribution >= 4 is 5.69 Å². The fraction of sp³-hybridized carbons (Fsp3) is 0.143. The Labute approximate surface area is 112 Å². The van der Waals surface area contributed by atoms with E-state index in [0.29, 0.717) is 0 Å². The lowest BCUT2D eigenvalue weighted by molar-refractivity contribution is -0.137. The average molecular weight is 285 g/mol. The van der Waals surface area contributed by atoms with E-state index in [4.69, 9.17) is 5.73 Å². The second kappa shape index (κ2) is 5.13. The Bertz CT molecular complexity index is 625. The summed E-state index contributed by atoms with van der Waals surface area (Å²) < 4.78 is 51.1. The Balaban J connectivity index is 2.44. The first-order valence-electron chi connectivity index (χ1n) is 5.70. The number of nitrogen functional groups attached to an aromatic ring is 1. The van der Waals surface area contributed by atoms with Gasteiger partial charge in [-0.25, -0.2) is 4.39 Å². The Morgan fingerprint density at radius 2 is 1.70 bits per heavy atom. The van der Waals surface area contributed by atoms with Crippen LogP contribution in [0.3, 0.4) is 0 Å². The molecule has 0 aliphatic rings. The van der Waals surface area contributed by atoms with Crippen molar-refractivity contribution < 1.29 is 22.7 Å². The summed E-state index contributed by atoms with van der Waals surface area (Å²) in [4.78, 5) is 0. The van der Waals surface area contributed by atoms with Crippen molar-refractivity contribution in [2.45, 2.75) is 12.3 Å². The van der Waals surface area contributed by atoms with Gasteiger partial charge in [-0.3, -0.25) is 0 Å². The van der Waals surface area contributed by atoms with Crippen LogP contribution in [-0.2, 0) is 6.18 Å². The third-order valence-corrected chi connectivity index (χ3v) is 2.91. The Morgan fingerprint density at radius 1 is 1.05 bits per heavy atom. The molecule has 6 heteroatoms. The predicted octanol–water partition coefficient (Wildman–Crippen LogP) is 3.51.